The highest BCUT2D eigenvalue weighted by Crippen LogP contribution is 2.24. The van der Waals surface area contributed by atoms with Crippen molar-refractivity contribution in [2.75, 3.05) is 13.2 Å². The molecule has 0 aliphatic heterocycles. The van der Waals surface area contributed by atoms with Crippen molar-refractivity contribution in [2.45, 2.75) is 38.1 Å². The topological polar surface area (TPSA) is 40.5 Å². The van der Waals surface area contributed by atoms with Crippen LogP contribution in [0.5, 0.6) is 0 Å². The Labute approximate surface area is 113 Å². The van der Waals surface area contributed by atoms with Gasteiger partial charge >= 0.3 is 0 Å². The minimum absolute atomic E-state index is 0.0580. The molecule has 19 heavy (non-hydrogen) atoms. The van der Waals surface area contributed by atoms with E-state index in [1.807, 2.05) is 0 Å². The summed E-state index contributed by atoms with van der Waals surface area (Å²) >= 11 is 0. The van der Waals surface area contributed by atoms with Crippen molar-refractivity contribution < 1.29 is 14.3 Å². The van der Waals surface area contributed by atoms with Crippen LogP contribution in [0.1, 0.15) is 42.5 Å². The number of aliphatic hydroxyl groups is 1. The van der Waals surface area contributed by atoms with Crippen LogP contribution in [0.25, 0.3) is 0 Å². The zero-order valence-electron chi connectivity index (χ0n) is 11.0. The van der Waals surface area contributed by atoms with Crippen LogP contribution in [-0.4, -0.2) is 35.1 Å². The van der Waals surface area contributed by atoms with E-state index >= 15 is 0 Å². The molecule has 0 spiro atoms. The van der Waals surface area contributed by atoms with Crippen molar-refractivity contribution in [1.82, 2.24) is 4.90 Å². The summed E-state index contributed by atoms with van der Waals surface area (Å²) in [6.45, 7) is 0.261. The molecule has 0 atom stereocenters. The van der Waals surface area contributed by atoms with Crippen molar-refractivity contribution >= 4 is 5.91 Å². The molecule has 2 rings (SSSR count). The first-order valence-electron chi connectivity index (χ1n) is 6.90. The van der Waals surface area contributed by atoms with Crippen LogP contribution < -0.4 is 0 Å². The molecule has 0 radical (unpaired) electrons. The van der Waals surface area contributed by atoms with Crippen molar-refractivity contribution in [3.63, 3.8) is 0 Å². The molecule has 3 nitrogen and oxygen atoms in total. The summed E-state index contributed by atoms with van der Waals surface area (Å²) in [4.78, 5) is 14.1. The zero-order valence-corrected chi connectivity index (χ0v) is 11.0. The third kappa shape index (κ3) is 3.53. The zero-order chi connectivity index (χ0) is 13.7. The van der Waals surface area contributed by atoms with Gasteiger partial charge in [-0.1, -0.05) is 25.3 Å². The lowest BCUT2D eigenvalue weighted by molar-refractivity contribution is 0.0585. The Morgan fingerprint density at radius 1 is 1.32 bits per heavy atom. The van der Waals surface area contributed by atoms with E-state index in [1.165, 1.54) is 18.6 Å². The fourth-order valence-electron chi connectivity index (χ4n) is 2.74. The van der Waals surface area contributed by atoms with Gasteiger partial charge in [-0.05, 0) is 31.0 Å². The molecule has 1 aromatic rings. The Morgan fingerprint density at radius 3 is 2.68 bits per heavy atom. The molecule has 1 aliphatic carbocycles. The van der Waals surface area contributed by atoms with Gasteiger partial charge in [0.1, 0.15) is 5.82 Å². The molecule has 1 saturated carbocycles. The third-order valence-electron chi connectivity index (χ3n) is 3.69. The number of halogens is 1. The van der Waals surface area contributed by atoms with E-state index in [0.717, 1.165) is 25.7 Å². The molecule has 0 bridgehead atoms. The number of amides is 1. The Morgan fingerprint density at radius 2 is 2.05 bits per heavy atom. The van der Waals surface area contributed by atoms with Crippen LogP contribution in [0.3, 0.4) is 0 Å². The number of benzene rings is 1. The van der Waals surface area contributed by atoms with E-state index in [2.05, 4.69) is 0 Å². The Balaban J connectivity index is 2.15. The molecule has 0 heterocycles. The van der Waals surface area contributed by atoms with Gasteiger partial charge in [0.2, 0.25) is 0 Å². The van der Waals surface area contributed by atoms with Gasteiger partial charge in [-0.3, -0.25) is 4.79 Å². The number of rotatable bonds is 4. The molecule has 104 valence electrons. The van der Waals surface area contributed by atoms with Crippen molar-refractivity contribution in [1.29, 1.82) is 0 Å². The minimum atomic E-state index is -0.404. The number of hydrogen-bond donors (Lipinski definition) is 1. The number of nitrogens with zero attached hydrogens (tertiary/aromatic N) is 1. The van der Waals surface area contributed by atoms with Crippen LogP contribution in [0, 0.1) is 5.82 Å². The molecule has 0 unspecified atom stereocenters. The molecule has 1 N–H and O–H groups in total. The third-order valence-corrected chi connectivity index (χ3v) is 3.69. The molecular weight excluding hydrogens is 245 g/mol. The molecule has 0 saturated heterocycles. The molecule has 0 aromatic heterocycles. The highest BCUT2D eigenvalue weighted by Gasteiger charge is 2.25. The average molecular weight is 265 g/mol. The van der Waals surface area contributed by atoms with Crippen molar-refractivity contribution in [2.24, 2.45) is 0 Å². The first-order valence-corrected chi connectivity index (χ1v) is 6.90. The summed E-state index contributed by atoms with van der Waals surface area (Å²) in [5.74, 6) is -0.584. The minimum Gasteiger partial charge on any atom is -0.395 e. The second-order valence-corrected chi connectivity index (χ2v) is 5.02. The fraction of sp³-hybridized carbons (Fsp3) is 0.533. The van der Waals surface area contributed by atoms with Crippen LogP contribution >= 0.6 is 0 Å². The summed E-state index contributed by atoms with van der Waals surface area (Å²) in [7, 11) is 0. The largest absolute Gasteiger partial charge is 0.395 e. The van der Waals surface area contributed by atoms with E-state index in [4.69, 9.17) is 5.11 Å². The summed E-state index contributed by atoms with van der Waals surface area (Å²) in [5, 5.41) is 9.15. The number of carbonyl (C=O) groups excluding carboxylic acids is 1. The second kappa shape index (κ2) is 6.66. The average Bonchev–Trinajstić information content (AvgIpc) is 2.45. The van der Waals surface area contributed by atoms with E-state index < -0.39 is 5.82 Å². The van der Waals surface area contributed by atoms with Crippen LogP contribution in [0.4, 0.5) is 4.39 Å². The van der Waals surface area contributed by atoms with Crippen LogP contribution in [0.2, 0.25) is 0 Å². The quantitative estimate of drug-likeness (QED) is 0.909. The highest BCUT2D eigenvalue weighted by atomic mass is 19.1. The van der Waals surface area contributed by atoms with Crippen LogP contribution in [-0.2, 0) is 0 Å². The van der Waals surface area contributed by atoms with Crippen LogP contribution in [0.15, 0.2) is 24.3 Å². The van der Waals surface area contributed by atoms with Gasteiger partial charge in [-0.15, -0.1) is 0 Å². The normalized spacial score (nSPS) is 16.3. The molecule has 4 heteroatoms. The van der Waals surface area contributed by atoms with Gasteiger partial charge in [-0.2, -0.15) is 0 Å². The SMILES string of the molecule is O=C(c1cccc(F)c1)N(CCO)C1CCCCC1. The number of carbonyl (C=O) groups is 1. The smallest absolute Gasteiger partial charge is 0.254 e. The summed E-state index contributed by atoms with van der Waals surface area (Å²) in [6.07, 6.45) is 5.38. The first-order chi connectivity index (χ1) is 9.22. The molecule has 1 aliphatic rings. The maximum atomic E-state index is 13.2. The van der Waals surface area contributed by atoms with E-state index in [9.17, 15) is 9.18 Å². The predicted octanol–water partition coefficient (Wildman–Crippen LogP) is 2.59. The number of aliphatic hydroxyl groups excluding tert-OH is 1. The first kappa shape index (κ1) is 14.0. The monoisotopic (exact) mass is 265 g/mol. The lowest BCUT2D eigenvalue weighted by Crippen LogP contribution is -2.43. The lowest BCUT2D eigenvalue weighted by Gasteiger charge is -2.34. The number of hydrogen-bond acceptors (Lipinski definition) is 2. The molecular formula is C15H20FNO2. The van der Waals surface area contributed by atoms with Crippen molar-refractivity contribution in [3.05, 3.63) is 35.6 Å². The standard InChI is InChI=1S/C15H20FNO2/c16-13-6-4-5-12(11-13)15(19)17(9-10-18)14-7-2-1-3-8-14/h4-6,11,14,18H,1-3,7-10H2. The van der Waals surface area contributed by atoms with E-state index in [0.29, 0.717) is 12.1 Å². The van der Waals surface area contributed by atoms with Gasteiger partial charge in [0.25, 0.3) is 5.91 Å². The maximum absolute atomic E-state index is 13.2. The van der Waals surface area contributed by atoms with Gasteiger partial charge in [0, 0.05) is 18.2 Å². The van der Waals surface area contributed by atoms with Gasteiger partial charge < -0.3 is 10.0 Å². The summed E-state index contributed by atoms with van der Waals surface area (Å²) < 4.78 is 13.2. The predicted molar refractivity (Wildman–Crippen MR) is 71.4 cm³/mol. The van der Waals surface area contributed by atoms with Gasteiger partial charge in [0.05, 0.1) is 6.61 Å². The maximum Gasteiger partial charge on any atom is 0.254 e. The lowest BCUT2D eigenvalue weighted by atomic mass is 9.93. The summed E-state index contributed by atoms with van der Waals surface area (Å²) in [6, 6.07) is 5.93. The van der Waals surface area contributed by atoms with Crippen molar-refractivity contribution in [3.8, 4) is 0 Å². The van der Waals surface area contributed by atoms with Gasteiger partial charge in [0.15, 0.2) is 0 Å². The highest BCUT2D eigenvalue weighted by molar-refractivity contribution is 5.94. The Hall–Kier alpha value is -1.42. The van der Waals surface area contributed by atoms with E-state index in [1.54, 1.807) is 17.0 Å². The summed E-state index contributed by atoms with van der Waals surface area (Å²) in [5.41, 5.74) is 0.360. The molecule has 1 amide bonds. The second-order valence-electron chi connectivity index (χ2n) is 5.02. The Kier molecular flexibility index (Phi) is 4.91. The fourth-order valence-corrected chi connectivity index (χ4v) is 2.74. The molecule has 1 fully saturated rings. The van der Waals surface area contributed by atoms with Gasteiger partial charge in [-0.25, -0.2) is 4.39 Å². The molecule has 1 aromatic carbocycles. The van der Waals surface area contributed by atoms with E-state index in [-0.39, 0.29) is 18.6 Å². The Bertz CT molecular complexity index is 430.